The second kappa shape index (κ2) is 10.6. The third-order valence-corrected chi connectivity index (χ3v) is 9.74. The van der Waals surface area contributed by atoms with Crippen LogP contribution in [0.3, 0.4) is 0 Å². The van der Waals surface area contributed by atoms with Crippen LogP contribution in [0.4, 0.5) is 11.6 Å². The highest BCUT2D eigenvalue weighted by molar-refractivity contribution is 7.89. The molecule has 6 rings (SSSR count). The van der Waals surface area contributed by atoms with Crippen LogP contribution < -0.4 is 5.32 Å². The Morgan fingerprint density at radius 2 is 1.75 bits per heavy atom. The highest BCUT2D eigenvalue weighted by Gasteiger charge is 2.38. The number of aromatic nitrogens is 3. The molecule has 0 unspecified atom stereocenters. The van der Waals surface area contributed by atoms with E-state index in [0.29, 0.717) is 55.5 Å². The maximum atomic E-state index is 13.3. The smallest absolute Gasteiger partial charge is 0.243 e. The van der Waals surface area contributed by atoms with Crippen molar-refractivity contribution in [3.63, 3.8) is 0 Å². The first kappa shape index (κ1) is 26.4. The number of rotatable bonds is 7. The quantitative estimate of drug-likeness (QED) is 0.353. The van der Waals surface area contributed by atoms with Crippen LogP contribution in [0.5, 0.6) is 0 Å². The van der Waals surface area contributed by atoms with Gasteiger partial charge in [0.2, 0.25) is 16.0 Å². The van der Waals surface area contributed by atoms with E-state index < -0.39 is 15.6 Å². The first-order valence-corrected chi connectivity index (χ1v) is 14.9. The molecule has 4 aromatic rings. The van der Waals surface area contributed by atoms with Crippen LogP contribution >= 0.6 is 0 Å². The molecule has 2 fully saturated rings. The summed E-state index contributed by atoms with van der Waals surface area (Å²) in [5.74, 6) is 1.03. The van der Waals surface area contributed by atoms with E-state index >= 15 is 0 Å². The fraction of sp³-hybridized carbons (Fsp3) is 0.345. The molecule has 0 aliphatic carbocycles. The molecule has 4 heterocycles. The Morgan fingerprint density at radius 3 is 2.48 bits per heavy atom. The Hall–Kier alpha value is -3.82. The van der Waals surface area contributed by atoms with Crippen molar-refractivity contribution in [2.75, 3.05) is 38.0 Å². The van der Waals surface area contributed by atoms with Crippen LogP contribution in [0.1, 0.15) is 31.2 Å². The SMILES string of the molecule is N#Cc1ccc2c(ccn2-c2ccnc(Nc3ccc(S(=O)(=O)N4CCC(O)(CN5CCCC5)CC4)cc3)n2)c1. The summed E-state index contributed by atoms with van der Waals surface area (Å²) < 4.78 is 30.0. The van der Waals surface area contributed by atoms with Gasteiger partial charge in [-0.25, -0.2) is 13.4 Å². The van der Waals surface area contributed by atoms with Crippen molar-refractivity contribution in [2.45, 2.75) is 36.2 Å². The molecule has 2 aliphatic rings. The Labute approximate surface area is 233 Å². The lowest BCUT2D eigenvalue weighted by Crippen LogP contribution is -2.51. The lowest BCUT2D eigenvalue weighted by molar-refractivity contribution is -0.0284. The molecule has 10 nitrogen and oxygen atoms in total. The predicted octanol–water partition coefficient (Wildman–Crippen LogP) is 3.65. The summed E-state index contributed by atoms with van der Waals surface area (Å²) in [5, 5.41) is 24.3. The summed E-state index contributed by atoms with van der Waals surface area (Å²) in [5.41, 5.74) is 1.35. The highest BCUT2D eigenvalue weighted by Crippen LogP contribution is 2.29. The highest BCUT2D eigenvalue weighted by atomic mass is 32.2. The van der Waals surface area contributed by atoms with E-state index in [4.69, 9.17) is 5.26 Å². The van der Waals surface area contributed by atoms with Crippen molar-refractivity contribution in [3.8, 4) is 11.9 Å². The fourth-order valence-electron chi connectivity index (χ4n) is 5.60. The van der Waals surface area contributed by atoms with Crippen LogP contribution in [0.25, 0.3) is 16.7 Å². The standard InChI is InChI=1S/C29H31N7O3S/c30-20-22-3-8-26-23(19-22)10-16-36(26)27-9-13-31-28(33-27)32-24-4-6-25(7-5-24)40(38,39)35-17-11-29(37,12-18-35)21-34-14-1-2-15-34/h3-10,13,16,19,37H,1-2,11-12,14-15,17-18,21H2,(H,31,32,33). The molecule has 40 heavy (non-hydrogen) atoms. The number of β-amino-alcohol motifs (C(OH)–C–C–N with tert-alkyl or cyclic N) is 1. The monoisotopic (exact) mass is 557 g/mol. The number of benzene rings is 2. The van der Waals surface area contributed by atoms with E-state index in [1.54, 1.807) is 42.6 Å². The van der Waals surface area contributed by atoms with Crippen LogP contribution in [-0.2, 0) is 10.0 Å². The van der Waals surface area contributed by atoms with Gasteiger partial charge in [-0.1, -0.05) is 0 Å². The lowest BCUT2D eigenvalue weighted by atomic mass is 9.92. The molecule has 2 N–H and O–H groups in total. The summed E-state index contributed by atoms with van der Waals surface area (Å²) >= 11 is 0. The van der Waals surface area contributed by atoms with Crippen LogP contribution in [0.15, 0.2) is 71.9 Å². The minimum Gasteiger partial charge on any atom is -0.388 e. The van der Waals surface area contributed by atoms with E-state index in [1.807, 2.05) is 29.0 Å². The second-order valence-corrected chi connectivity index (χ2v) is 12.5. The molecule has 206 valence electrons. The van der Waals surface area contributed by atoms with E-state index in [1.165, 1.54) is 4.31 Å². The molecule has 0 amide bonds. The zero-order valence-corrected chi connectivity index (χ0v) is 22.9. The van der Waals surface area contributed by atoms with Crippen molar-refractivity contribution >= 4 is 32.6 Å². The second-order valence-electron chi connectivity index (χ2n) is 10.6. The molecule has 2 saturated heterocycles. The van der Waals surface area contributed by atoms with Gasteiger partial charge in [-0.3, -0.25) is 0 Å². The lowest BCUT2D eigenvalue weighted by Gasteiger charge is -2.39. The van der Waals surface area contributed by atoms with Gasteiger partial charge in [-0.2, -0.15) is 14.6 Å². The van der Waals surface area contributed by atoms with Gasteiger partial charge in [-0.15, -0.1) is 0 Å². The molecular formula is C29H31N7O3S. The third kappa shape index (κ3) is 5.31. The average Bonchev–Trinajstić information content (AvgIpc) is 3.63. The average molecular weight is 558 g/mol. The van der Waals surface area contributed by atoms with Gasteiger partial charge in [-0.05, 0) is 93.4 Å². The van der Waals surface area contributed by atoms with Gasteiger partial charge >= 0.3 is 0 Å². The number of piperidine rings is 1. The largest absolute Gasteiger partial charge is 0.388 e. The van der Waals surface area contributed by atoms with Crippen LogP contribution in [0.2, 0.25) is 0 Å². The number of fused-ring (bicyclic) bond motifs is 1. The number of hydrogen-bond acceptors (Lipinski definition) is 8. The number of nitriles is 1. The van der Waals surface area contributed by atoms with E-state index in [2.05, 4.69) is 26.3 Å². The van der Waals surface area contributed by atoms with Gasteiger partial charge in [0.15, 0.2) is 0 Å². The first-order valence-electron chi connectivity index (χ1n) is 13.5. The van der Waals surface area contributed by atoms with Crippen LogP contribution in [0, 0.1) is 11.3 Å². The number of nitrogens with zero attached hydrogens (tertiary/aromatic N) is 6. The summed E-state index contributed by atoms with van der Waals surface area (Å²) in [7, 11) is -3.67. The Morgan fingerprint density at radius 1 is 1.00 bits per heavy atom. The molecule has 0 saturated carbocycles. The van der Waals surface area contributed by atoms with Crippen molar-refractivity contribution in [1.82, 2.24) is 23.7 Å². The van der Waals surface area contributed by atoms with Crippen LogP contribution in [-0.4, -0.2) is 75.6 Å². The zero-order valence-electron chi connectivity index (χ0n) is 22.1. The maximum absolute atomic E-state index is 13.3. The summed E-state index contributed by atoms with van der Waals surface area (Å²) in [4.78, 5) is 11.4. The normalized spacial score (nSPS) is 18.1. The van der Waals surface area contributed by atoms with Crippen molar-refractivity contribution in [3.05, 3.63) is 72.6 Å². The molecule has 0 bridgehead atoms. The minimum atomic E-state index is -3.67. The molecule has 2 aromatic carbocycles. The number of aliphatic hydroxyl groups is 1. The number of hydrogen-bond donors (Lipinski definition) is 2. The first-order chi connectivity index (χ1) is 19.3. The number of sulfonamides is 1. The molecule has 11 heteroatoms. The summed E-state index contributed by atoms with van der Waals surface area (Å²) in [6.45, 7) is 3.24. The summed E-state index contributed by atoms with van der Waals surface area (Å²) in [6, 6.07) is 17.9. The number of likely N-dealkylation sites (tertiary alicyclic amines) is 1. The van der Waals surface area contributed by atoms with E-state index in [-0.39, 0.29) is 4.90 Å². The predicted molar refractivity (Wildman–Crippen MR) is 152 cm³/mol. The molecular weight excluding hydrogens is 526 g/mol. The van der Waals surface area contributed by atoms with Gasteiger partial charge in [0, 0.05) is 43.1 Å². The van der Waals surface area contributed by atoms with Gasteiger partial charge < -0.3 is 19.9 Å². The molecule has 0 radical (unpaired) electrons. The van der Waals surface area contributed by atoms with E-state index in [9.17, 15) is 13.5 Å². The minimum absolute atomic E-state index is 0.216. The van der Waals surface area contributed by atoms with Crippen molar-refractivity contribution < 1.29 is 13.5 Å². The molecule has 2 aromatic heterocycles. The molecule has 0 atom stereocenters. The third-order valence-electron chi connectivity index (χ3n) is 7.82. The summed E-state index contributed by atoms with van der Waals surface area (Å²) in [6.07, 6.45) is 6.74. The number of anilines is 2. The molecule has 2 aliphatic heterocycles. The van der Waals surface area contributed by atoms with Crippen molar-refractivity contribution in [1.29, 1.82) is 5.26 Å². The van der Waals surface area contributed by atoms with Gasteiger partial charge in [0.05, 0.1) is 27.6 Å². The Kier molecular flexibility index (Phi) is 7.02. The maximum Gasteiger partial charge on any atom is 0.243 e. The van der Waals surface area contributed by atoms with Crippen molar-refractivity contribution in [2.24, 2.45) is 0 Å². The Bertz CT molecular complexity index is 1660. The van der Waals surface area contributed by atoms with E-state index in [0.717, 1.165) is 36.8 Å². The topological polar surface area (TPSA) is 127 Å². The number of nitrogens with one attached hydrogen (secondary N) is 1. The Balaban J connectivity index is 1.12. The van der Waals surface area contributed by atoms with Gasteiger partial charge in [0.1, 0.15) is 5.82 Å². The molecule has 0 spiro atoms. The fourth-order valence-corrected chi connectivity index (χ4v) is 7.04. The van der Waals surface area contributed by atoms with Gasteiger partial charge in [0.25, 0.3) is 0 Å². The zero-order chi connectivity index (χ0) is 27.7.